The van der Waals surface area contributed by atoms with Gasteiger partial charge in [-0.15, -0.1) is 5.10 Å². The number of benzene rings is 2. The van der Waals surface area contributed by atoms with Crippen LogP contribution >= 0.6 is 11.8 Å². The highest BCUT2D eigenvalue weighted by molar-refractivity contribution is 7.98. The Bertz CT molecular complexity index is 1230. The van der Waals surface area contributed by atoms with Gasteiger partial charge in [0.2, 0.25) is 0 Å². The second-order valence-electron chi connectivity index (χ2n) is 8.16. The molecule has 0 N–H and O–H groups in total. The number of hydrogen-bond acceptors (Lipinski definition) is 5. The van der Waals surface area contributed by atoms with Crippen molar-refractivity contribution in [1.29, 1.82) is 0 Å². The fourth-order valence-corrected chi connectivity index (χ4v) is 5.13. The fraction of sp³-hybridized carbons (Fsp3) is 0.333. The lowest BCUT2D eigenvalue weighted by Gasteiger charge is -2.13. The zero-order chi connectivity index (χ0) is 21.0. The number of aromatic nitrogens is 5. The van der Waals surface area contributed by atoms with Crippen molar-refractivity contribution in [2.75, 3.05) is 0 Å². The van der Waals surface area contributed by atoms with Crippen LogP contribution in [0.2, 0.25) is 0 Å². The van der Waals surface area contributed by atoms with Crippen LogP contribution in [0, 0.1) is 5.92 Å². The van der Waals surface area contributed by atoms with Gasteiger partial charge in [-0.05, 0) is 36.5 Å². The SMILES string of the molecule is O=c1c2ccccc2nc(SCc2cn(CC3CCCC3)nn2)n1Cc1ccccc1. The minimum atomic E-state index is -0.0122. The van der Waals surface area contributed by atoms with E-state index in [1.165, 1.54) is 25.7 Å². The zero-order valence-electron chi connectivity index (χ0n) is 17.4. The Balaban J connectivity index is 1.40. The number of rotatable bonds is 7. The molecule has 0 amide bonds. The first-order valence-electron chi connectivity index (χ1n) is 10.8. The Morgan fingerprint density at radius 2 is 1.77 bits per heavy atom. The van der Waals surface area contributed by atoms with Crippen molar-refractivity contribution in [2.45, 2.75) is 49.7 Å². The van der Waals surface area contributed by atoms with Crippen LogP contribution < -0.4 is 5.56 Å². The van der Waals surface area contributed by atoms with Crippen LogP contribution in [0.15, 0.2) is 70.7 Å². The molecule has 1 saturated carbocycles. The van der Waals surface area contributed by atoms with Crippen molar-refractivity contribution in [3.8, 4) is 0 Å². The maximum Gasteiger partial charge on any atom is 0.262 e. The summed E-state index contributed by atoms with van der Waals surface area (Å²) in [5.41, 5.74) is 2.70. The Morgan fingerprint density at radius 1 is 1.00 bits per heavy atom. The zero-order valence-corrected chi connectivity index (χ0v) is 18.2. The van der Waals surface area contributed by atoms with Crippen LogP contribution in [0.25, 0.3) is 10.9 Å². The van der Waals surface area contributed by atoms with E-state index in [1.807, 2.05) is 65.5 Å². The number of fused-ring (bicyclic) bond motifs is 1. The van der Waals surface area contributed by atoms with Crippen molar-refractivity contribution in [3.05, 3.63) is 82.4 Å². The highest BCUT2D eigenvalue weighted by Crippen LogP contribution is 2.26. The summed E-state index contributed by atoms with van der Waals surface area (Å²) in [7, 11) is 0. The maximum absolute atomic E-state index is 13.2. The van der Waals surface area contributed by atoms with E-state index >= 15 is 0 Å². The van der Waals surface area contributed by atoms with Gasteiger partial charge in [0.15, 0.2) is 5.16 Å². The molecule has 7 heteroatoms. The minimum absolute atomic E-state index is 0.0122. The Labute approximate surface area is 185 Å². The molecule has 1 aliphatic rings. The molecule has 2 aromatic heterocycles. The van der Waals surface area contributed by atoms with Crippen molar-refractivity contribution in [3.63, 3.8) is 0 Å². The minimum Gasteiger partial charge on any atom is -0.283 e. The predicted octanol–water partition coefficient (Wildman–Crippen LogP) is 4.52. The number of thioether (sulfide) groups is 1. The molecule has 6 nitrogen and oxygen atoms in total. The second-order valence-corrected chi connectivity index (χ2v) is 9.10. The van der Waals surface area contributed by atoms with Gasteiger partial charge in [0.1, 0.15) is 0 Å². The van der Waals surface area contributed by atoms with Gasteiger partial charge in [-0.25, -0.2) is 4.98 Å². The number of hydrogen-bond donors (Lipinski definition) is 0. The lowest BCUT2D eigenvalue weighted by Crippen LogP contribution is -2.24. The topological polar surface area (TPSA) is 65.6 Å². The van der Waals surface area contributed by atoms with E-state index in [2.05, 4.69) is 10.3 Å². The van der Waals surface area contributed by atoms with E-state index in [1.54, 1.807) is 16.3 Å². The van der Waals surface area contributed by atoms with Crippen LogP contribution in [0.4, 0.5) is 0 Å². The molecule has 5 rings (SSSR count). The van der Waals surface area contributed by atoms with Crippen LogP contribution in [0.3, 0.4) is 0 Å². The number of nitrogens with zero attached hydrogens (tertiary/aromatic N) is 5. The molecule has 1 aliphatic carbocycles. The third kappa shape index (κ3) is 4.56. The molecule has 2 heterocycles. The molecule has 0 atom stereocenters. The van der Waals surface area contributed by atoms with E-state index in [0.717, 1.165) is 29.2 Å². The first-order valence-corrected chi connectivity index (χ1v) is 11.8. The summed E-state index contributed by atoms with van der Waals surface area (Å²) in [6, 6.07) is 17.6. The molecule has 0 spiro atoms. The summed E-state index contributed by atoms with van der Waals surface area (Å²) in [6.45, 7) is 1.44. The highest BCUT2D eigenvalue weighted by atomic mass is 32.2. The van der Waals surface area contributed by atoms with Gasteiger partial charge in [0, 0.05) is 18.5 Å². The van der Waals surface area contributed by atoms with E-state index in [0.29, 0.717) is 22.8 Å². The molecule has 0 unspecified atom stereocenters. The van der Waals surface area contributed by atoms with Gasteiger partial charge >= 0.3 is 0 Å². The Kier molecular flexibility index (Phi) is 5.84. The first kappa shape index (κ1) is 20.0. The van der Waals surface area contributed by atoms with Crippen molar-refractivity contribution in [1.82, 2.24) is 24.5 Å². The third-order valence-electron chi connectivity index (χ3n) is 5.87. The van der Waals surface area contributed by atoms with Crippen LogP contribution in [0.1, 0.15) is 36.9 Å². The maximum atomic E-state index is 13.2. The summed E-state index contributed by atoms with van der Waals surface area (Å²) in [5, 5.41) is 10.0. The molecule has 0 aliphatic heterocycles. The molecule has 31 heavy (non-hydrogen) atoms. The summed E-state index contributed by atoms with van der Waals surface area (Å²) < 4.78 is 3.74. The summed E-state index contributed by atoms with van der Waals surface area (Å²) in [4.78, 5) is 18.0. The van der Waals surface area contributed by atoms with Crippen LogP contribution in [-0.2, 0) is 18.8 Å². The Hall–Kier alpha value is -2.93. The fourth-order valence-electron chi connectivity index (χ4n) is 4.25. The summed E-state index contributed by atoms with van der Waals surface area (Å²) in [5.74, 6) is 1.35. The molecular formula is C24H25N5OS. The molecule has 1 fully saturated rings. The smallest absolute Gasteiger partial charge is 0.262 e. The summed E-state index contributed by atoms with van der Waals surface area (Å²) in [6.07, 6.45) is 7.27. The molecule has 0 saturated heterocycles. The van der Waals surface area contributed by atoms with Crippen LogP contribution in [-0.4, -0.2) is 24.5 Å². The Morgan fingerprint density at radius 3 is 2.61 bits per heavy atom. The van der Waals surface area contributed by atoms with Crippen molar-refractivity contribution >= 4 is 22.7 Å². The van der Waals surface area contributed by atoms with Gasteiger partial charge in [-0.2, -0.15) is 0 Å². The lowest BCUT2D eigenvalue weighted by atomic mass is 10.1. The average Bonchev–Trinajstić information content (AvgIpc) is 3.48. The highest BCUT2D eigenvalue weighted by Gasteiger charge is 2.17. The van der Waals surface area contributed by atoms with E-state index < -0.39 is 0 Å². The van der Waals surface area contributed by atoms with Gasteiger partial charge < -0.3 is 0 Å². The molecule has 4 aromatic rings. The largest absolute Gasteiger partial charge is 0.283 e. The third-order valence-corrected chi connectivity index (χ3v) is 6.88. The standard InChI is InChI=1S/C24H25N5OS/c30-23-21-12-6-7-13-22(21)25-24(29(23)15-19-8-2-1-3-9-19)31-17-20-16-28(27-26-20)14-18-10-4-5-11-18/h1-3,6-9,12-13,16,18H,4-5,10-11,14-15,17H2. The van der Waals surface area contributed by atoms with Crippen molar-refractivity contribution < 1.29 is 0 Å². The second kappa shape index (κ2) is 9.06. The quantitative estimate of drug-likeness (QED) is 0.318. The van der Waals surface area contributed by atoms with Gasteiger partial charge in [-0.1, -0.05) is 72.3 Å². The predicted molar refractivity (Wildman–Crippen MR) is 123 cm³/mol. The molecule has 158 valence electrons. The number of para-hydroxylation sites is 1. The van der Waals surface area contributed by atoms with Gasteiger partial charge in [0.05, 0.1) is 23.1 Å². The molecular weight excluding hydrogens is 406 g/mol. The summed E-state index contributed by atoms with van der Waals surface area (Å²) >= 11 is 1.54. The molecule has 0 bridgehead atoms. The van der Waals surface area contributed by atoms with Gasteiger partial charge in [0.25, 0.3) is 5.56 Å². The van der Waals surface area contributed by atoms with Crippen LogP contribution in [0.5, 0.6) is 0 Å². The van der Waals surface area contributed by atoms with E-state index in [-0.39, 0.29) is 5.56 Å². The first-order chi connectivity index (χ1) is 15.3. The lowest BCUT2D eigenvalue weighted by molar-refractivity contribution is 0.421. The normalized spacial score (nSPS) is 14.5. The van der Waals surface area contributed by atoms with Crippen molar-refractivity contribution in [2.24, 2.45) is 5.92 Å². The van der Waals surface area contributed by atoms with Gasteiger partial charge in [-0.3, -0.25) is 14.0 Å². The van der Waals surface area contributed by atoms with E-state index in [4.69, 9.17) is 4.98 Å². The monoisotopic (exact) mass is 431 g/mol. The average molecular weight is 432 g/mol. The molecule has 0 radical (unpaired) electrons. The van der Waals surface area contributed by atoms with E-state index in [9.17, 15) is 4.79 Å². The molecule has 2 aromatic carbocycles.